The molecule has 0 aromatic heterocycles. The van der Waals surface area contributed by atoms with Gasteiger partial charge in [0.05, 0.1) is 25.9 Å². The quantitative estimate of drug-likeness (QED) is 0.138. The van der Waals surface area contributed by atoms with Crippen molar-refractivity contribution >= 4 is 58.2 Å². The highest BCUT2D eigenvalue weighted by Gasteiger charge is 2.59. The van der Waals surface area contributed by atoms with Crippen LogP contribution in [-0.4, -0.2) is 138 Å². The second kappa shape index (κ2) is 17.3. The zero-order valence-corrected chi connectivity index (χ0v) is 43.3. The number of aliphatic hydroxyl groups is 1. The molecule has 0 aromatic rings. The molecule has 11 nitrogen and oxygen atoms in total. The minimum atomic E-state index is -2.25. The highest BCUT2D eigenvalue weighted by molar-refractivity contribution is 6.72. The maximum Gasteiger partial charge on any atom is 0.218 e. The minimum absolute atomic E-state index is 0.0801. The second-order valence-corrected chi connectivity index (χ2v) is 52.5. The number of ether oxygens (including phenoxy) is 3. The Hall–Kier alpha value is 1.08. The van der Waals surface area contributed by atoms with Gasteiger partial charge < -0.3 is 50.3 Å². The lowest BCUT2D eigenvalue weighted by Crippen LogP contribution is -2.71. The predicted octanol–water partition coefficient (Wildman–Crippen LogP) is 7.62. The molecule has 0 amide bonds. The van der Waals surface area contributed by atoms with Crippen molar-refractivity contribution in [1.82, 2.24) is 0 Å². The fourth-order valence-corrected chi connectivity index (χ4v) is 12.6. The van der Waals surface area contributed by atoms with Gasteiger partial charge in [0.2, 0.25) is 5.79 Å². The monoisotopic (exact) mass is 846 g/mol. The van der Waals surface area contributed by atoms with Gasteiger partial charge in [0, 0.05) is 0 Å². The Kier molecular flexibility index (Phi) is 16.3. The molecule has 0 radical (unpaired) electrons. The molecule has 1 N–H and O–H groups in total. The summed E-state index contributed by atoms with van der Waals surface area (Å²) in [4.78, 5) is 0. The summed E-state index contributed by atoms with van der Waals surface area (Å²) in [6.07, 6.45) is -5.27. The highest BCUT2D eigenvalue weighted by Crippen LogP contribution is 2.40. The van der Waals surface area contributed by atoms with Crippen LogP contribution in [0.1, 0.15) is 0 Å². The molecule has 2 rings (SSSR count). The van der Waals surface area contributed by atoms with Crippen LogP contribution in [0.15, 0.2) is 0 Å². The van der Waals surface area contributed by atoms with E-state index < -0.39 is 113 Å². The summed E-state index contributed by atoms with van der Waals surface area (Å²) in [6, 6.07) is 0. The Bertz CT molecular complexity index is 1090. The van der Waals surface area contributed by atoms with E-state index >= 15 is 0 Å². The fraction of sp³-hybridized carbons (Fsp3) is 1.00. The summed E-state index contributed by atoms with van der Waals surface area (Å²) in [7, 11) is -15.0. The molecule has 2 saturated heterocycles. The van der Waals surface area contributed by atoms with E-state index in [1.807, 2.05) is 0 Å². The van der Waals surface area contributed by atoms with Gasteiger partial charge in [-0.05, 0) is 137 Å². The van der Waals surface area contributed by atoms with Gasteiger partial charge in [-0.25, -0.2) is 0 Å². The standard InChI is InChI=1S/C33H78O11Si7/c1-45(2,3)36-23-25-27(41-48(10,11)12)29(43-50(16,17)18)30(44-51(19,20)21)32(38-25)39-31-28(42-49(13,14)15)26(40-47(7,8)9)22-35-33(31,34)24-37-46(4,5)6/h25-32,34H,22-24H2,1-21H3. The van der Waals surface area contributed by atoms with E-state index in [4.69, 9.17) is 45.2 Å². The smallest absolute Gasteiger partial charge is 0.218 e. The summed E-state index contributed by atoms with van der Waals surface area (Å²) in [5.74, 6) is -1.85. The first-order valence-corrected chi connectivity index (χ1v) is 42.7. The molecular weight excluding hydrogens is 769 g/mol. The van der Waals surface area contributed by atoms with Gasteiger partial charge in [-0.3, -0.25) is 0 Å². The van der Waals surface area contributed by atoms with E-state index in [0.29, 0.717) is 6.61 Å². The van der Waals surface area contributed by atoms with Crippen molar-refractivity contribution in [1.29, 1.82) is 0 Å². The molecule has 304 valence electrons. The molecule has 2 aliphatic rings. The first kappa shape index (κ1) is 48.2. The Morgan fingerprint density at radius 2 is 0.922 bits per heavy atom. The van der Waals surface area contributed by atoms with Crippen LogP contribution in [0.3, 0.4) is 0 Å². The van der Waals surface area contributed by atoms with Gasteiger partial charge in [-0.15, -0.1) is 0 Å². The van der Waals surface area contributed by atoms with Crippen molar-refractivity contribution < 1.29 is 50.3 Å². The summed E-state index contributed by atoms with van der Waals surface area (Å²) < 4.78 is 68.3. The van der Waals surface area contributed by atoms with Gasteiger partial charge in [0.25, 0.3) is 0 Å². The second-order valence-electron chi connectivity index (χ2n) is 21.1. The van der Waals surface area contributed by atoms with Crippen LogP contribution in [0.4, 0.5) is 0 Å². The molecular formula is C33H78O11Si7. The van der Waals surface area contributed by atoms with Crippen LogP contribution in [0.2, 0.25) is 137 Å². The van der Waals surface area contributed by atoms with Crippen molar-refractivity contribution in [3.05, 3.63) is 0 Å². The molecule has 0 aliphatic carbocycles. The number of hydrogen-bond acceptors (Lipinski definition) is 11. The molecule has 51 heavy (non-hydrogen) atoms. The van der Waals surface area contributed by atoms with Crippen LogP contribution in [0.25, 0.3) is 0 Å². The van der Waals surface area contributed by atoms with Crippen LogP contribution in [0, 0.1) is 0 Å². The largest absolute Gasteiger partial charge is 0.415 e. The molecule has 9 unspecified atom stereocenters. The van der Waals surface area contributed by atoms with E-state index in [9.17, 15) is 5.11 Å². The first-order valence-electron chi connectivity index (χ1n) is 18.8. The van der Waals surface area contributed by atoms with Crippen molar-refractivity contribution in [2.45, 2.75) is 192 Å². The maximum atomic E-state index is 12.6. The third-order valence-corrected chi connectivity index (χ3v) is 14.3. The molecule has 2 fully saturated rings. The normalized spacial score (nSPS) is 32.4. The lowest BCUT2D eigenvalue weighted by Gasteiger charge is -2.54. The van der Waals surface area contributed by atoms with Crippen LogP contribution >= 0.6 is 0 Å². The zero-order chi connectivity index (χ0) is 39.8. The maximum absolute atomic E-state index is 12.6. The van der Waals surface area contributed by atoms with Crippen molar-refractivity contribution in [3.8, 4) is 0 Å². The van der Waals surface area contributed by atoms with E-state index in [-0.39, 0.29) is 13.2 Å². The van der Waals surface area contributed by atoms with E-state index in [1.54, 1.807) is 0 Å². The lowest BCUT2D eigenvalue weighted by molar-refractivity contribution is -0.380. The summed E-state index contributed by atoms with van der Waals surface area (Å²) in [5, 5.41) is 12.6. The van der Waals surface area contributed by atoms with Crippen LogP contribution in [-0.2, 0) is 45.2 Å². The molecule has 0 aromatic carbocycles. The zero-order valence-electron chi connectivity index (χ0n) is 36.3. The number of hydrogen-bond donors (Lipinski definition) is 1. The average molecular weight is 848 g/mol. The Labute approximate surface area is 319 Å². The van der Waals surface area contributed by atoms with Crippen molar-refractivity contribution in [2.24, 2.45) is 0 Å². The Morgan fingerprint density at radius 3 is 1.35 bits per heavy atom. The van der Waals surface area contributed by atoms with Gasteiger partial charge in [-0.2, -0.15) is 0 Å². The minimum Gasteiger partial charge on any atom is -0.415 e. The van der Waals surface area contributed by atoms with E-state index in [0.717, 1.165) is 0 Å². The molecule has 0 saturated carbocycles. The van der Waals surface area contributed by atoms with Gasteiger partial charge in [0.1, 0.15) is 36.6 Å². The Balaban J connectivity index is 2.85. The summed E-state index contributed by atoms with van der Waals surface area (Å²) >= 11 is 0. The van der Waals surface area contributed by atoms with Gasteiger partial charge in [0.15, 0.2) is 64.5 Å². The molecule has 2 heterocycles. The van der Waals surface area contributed by atoms with E-state index in [2.05, 4.69) is 137 Å². The fourth-order valence-electron chi connectivity index (χ4n) is 5.81. The third kappa shape index (κ3) is 17.8. The number of rotatable bonds is 18. The van der Waals surface area contributed by atoms with E-state index in [1.165, 1.54) is 0 Å². The van der Waals surface area contributed by atoms with Crippen LogP contribution < -0.4 is 0 Å². The average Bonchev–Trinajstić information content (AvgIpc) is 2.84. The van der Waals surface area contributed by atoms with Crippen molar-refractivity contribution in [2.75, 3.05) is 19.8 Å². The molecule has 9 atom stereocenters. The molecule has 0 spiro atoms. The topological polar surface area (TPSA) is 113 Å². The molecule has 0 bridgehead atoms. The first-order chi connectivity index (χ1) is 22.5. The highest BCUT2D eigenvalue weighted by atomic mass is 28.4. The SMILES string of the molecule is C[Si](C)(C)OCC1OC(OC2C(O[Si](C)(C)C)C(O[Si](C)(C)C)COC2(O)CO[Si](C)(C)C)C(O[Si](C)(C)C)C(O[Si](C)(C)C)C1O[Si](C)(C)C. The lowest BCUT2D eigenvalue weighted by atomic mass is 9.96. The van der Waals surface area contributed by atoms with Gasteiger partial charge in [-0.1, -0.05) is 0 Å². The van der Waals surface area contributed by atoms with Crippen LogP contribution in [0.5, 0.6) is 0 Å². The summed E-state index contributed by atoms with van der Waals surface area (Å²) in [6.45, 7) is 45.5. The summed E-state index contributed by atoms with van der Waals surface area (Å²) in [5.41, 5.74) is 0. The van der Waals surface area contributed by atoms with Gasteiger partial charge >= 0.3 is 0 Å². The van der Waals surface area contributed by atoms with Crippen molar-refractivity contribution in [3.63, 3.8) is 0 Å². The Morgan fingerprint density at radius 1 is 0.510 bits per heavy atom. The predicted molar refractivity (Wildman–Crippen MR) is 224 cm³/mol. The molecule has 18 heteroatoms. The third-order valence-electron chi connectivity index (χ3n) is 7.33. The molecule has 2 aliphatic heterocycles.